The van der Waals surface area contributed by atoms with Gasteiger partial charge in [0.15, 0.2) is 0 Å². The highest BCUT2D eigenvalue weighted by atomic mass is 35.5. The van der Waals surface area contributed by atoms with E-state index < -0.39 is 11.7 Å². The third kappa shape index (κ3) is 3.75. The topological polar surface area (TPSA) is 80.9 Å². The van der Waals surface area contributed by atoms with Crippen molar-refractivity contribution in [2.24, 2.45) is 0 Å². The lowest BCUT2D eigenvalue weighted by atomic mass is 9.98. The summed E-state index contributed by atoms with van der Waals surface area (Å²) in [6.07, 6.45) is 1.67. The molecule has 0 radical (unpaired) electrons. The molecule has 3 N–H and O–H groups in total. The fraction of sp³-hybridized carbons (Fsp3) is 0.0455. The number of hydrogen-bond acceptors (Lipinski definition) is 4. The predicted octanol–water partition coefficient (Wildman–Crippen LogP) is 5.23. The van der Waals surface area contributed by atoms with Gasteiger partial charge in [-0.15, -0.1) is 0 Å². The molecule has 0 saturated heterocycles. The van der Waals surface area contributed by atoms with Gasteiger partial charge in [-0.25, -0.2) is 14.4 Å². The maximum Gasteiger partial charge on any atom is 0.257 e. The average molecular weight is 407 g/mol. The van der Waals surface area contributed by atoms with Crippen molar-refractivity contribution in [1.82, 2.24) is 9.97 Å². The van der Waals surface area contributed by atoms with E-state index in [0.29, 0.717) is 5.69 Å². The van der Waals surface area contributed by atoms with Crippen LogP contribution in [0.5, 0.6) is 0 Å². The standard InChI is InChI=1S/C22H16ClFN4O/c1-12-5-7-15(27-21(29)16-3-2-4-18(24)20(16)23)10-17(12)13-6-8-19-14(9-13)11-26-22(25)28-19/h2-11H,1H3,(H,27,29)(H2,25,26,28). The molecule has 0 spiro atoms. The number of aromatic nitrogens is 2. The Bertz CT molecular complexity index is 1260. The van der Waals surface area contributed by atoms with E-state index in [1.54, 1.807) is 12.3 Å². The highest BCUT2D eigenvalue weighted by molar-refractivity contribution is 6.34. The van der Waals surface area contributed by atoms with Crippen LogP contribution in [-0.2, 0) is 0 Å². The second kappa shape index (κ2) is 7.48. The van der Waals surface area contributed by atoms with Crippen LogP contribution in [0.4, 0.5) is 16.0 Å². The van der Waals surface area contributed by atoms with Gasteiger partial charge in [-0.05, 0) is 60.0 Å². The molecule has 1 amide bonds. The zero-order valence-electron chi connectivity index (χ0n) is 15.4. The molecule has 3 aromatic carbocycles. The maximum atomic E-state index is 13.6. The normalized spacial score (nSPS) is 10.9. The number of nitrogen functional groups attached to an aromatic ring is 1. The molecule has 1 aromatic heterocycles. The van der Waals surface area contributed by atoms with Gasteiger partial charge in [-0.2, -0.15) is 0 Å². The second-order valence-corrected chi connectivity index (χ2v) is 6.96. The van der Waals surface area contributed by atoms with Crippen LogP contribution in [0.3, 0.4) is 0 Å². The number of carbonyl (C=O) groups is 1. The molecule has 0 atom stereocenters. The number of rotatable bonds is 3. The SMILES string of the molecule is Cc1ccc(NC(=O)c2cccc(F)c2Cl)cc1-c1ccc2nc(N)ncc2c1. The van der Waals surface area contributed by atoms with Crippen molar-refractivity contribution in [1.29, 1.82) is 0 Å². The molecule has 5 nitrogen and oxygen atoms in total. The Balaban J connectivity index is 1.68. The number of amides is 1. The summed E-state index contributed by atoms with van der Waals surface area (Å²) in [5.74, 6) is -0.892. The molecule has 0 fully saturated rings. The molecule has 7 heteroatoms. The summed E-state index contributed by atoms with van der Waals surface area (Å²) in [6, 6.07) is 15.5. The number of benzene rings is 3. The van der Waals surface area contributed by atoms with Crippen molar-refractivity contribution >= 4 is 40.0 Å². The molecule has 0 saturated carbocycles. The van der Waals surface area contributed by atoms with Gasteiger partial charge < -0.3 is 11.1 Å². The third-order valence-electron chi connectivity index (χ3n) is 4.60. The molecule has 29 heavy (non-hydrogen) atoms. The minimum atomic E-state index is -0.636. The van der Waals surface area contributed by atoms with E-state index in [-0.39, 0.29) is 16.5 Å². The number of aryl methyl sites for hydroxylation is 1. The van der Waals surface area contributed by atoms with Gasteiger partial charge in [-0.1, -0.05) is 29.8 Å². The van der Waals surface area contributed by atoms with E-state index in [4.69, 9.17) is 17.3 Å². The molecule has 144 valence electrons. The number of halogens is 2. The summed E-state index contributed by atoms with van der Waals surface area (Å²) in [5.41, 5.74) is 9.96. The van der Waals surface area contributed by atoms with Crippen molar-refractivity contribution < 1.29 is 9.18 Å². The fourth-order valence-electron chi connectivity index (χ4n) is 3.10. The summed E-state index contributed by atoms with van der Waals surface area (Å²) in [6.45, 7) is 1.98. The molecule has 0 unspecified atom stereocenters. The molecular formula is C22H16ClFN4O. The van der Waals surface area contributed by atoms with E-state index in [0.717, 1.165) is 27.6 Å². The highest BCUT2D eigenvalue weighted by Gasteiger charge is 2.14. The first-order valence-corrected chi connectivity index (χ1v) is 9.19. The Morgan fingerprint density at radius 2 is 1.97 bits per heavy atom. The Morgan fingerprint density at radius 1 is 1.14 bits per heavy atom. The number of anilines is 2. The van der Waals surface area contributed by atoms with Gasteiger partial charge in [-0.3, -0.25) is 4.79 Å². The van der Waals surface area contributed by atoms with Crippen LogP contribution < -0.4 is 11.1 Å². The predicted molar refractivity (Wildman–Crippen MR) is 113 cm³/mol. The van der Waals surface area contributed by atoms with Crippen LogP contribution in [0.25, 0.3) is 22.0 Å². The fourth-order valence-corrected chi connectivity index (χ4v) is 3.32. The largest absolute Gasteiger partial charge is 0.368 e. The summed E-state index contributed by atoms with van der Waals surface area (Å²) in [5, 5.41) is 3.43. The van der Waals surface area contributed by atoms with Crippen LogP contribution in [0, 0.1) is 12.7 Å². The quantitative estimate of drug-likeness (QED) is 0.488. The molecule has 0 bridgehead atoms. The Kier molecular flexibility index (Phi) is 4.86. The number of nitrogens with one attached hydrogen (secondary N) is 1. The number of carbonyl (C=O) groups excluding carboxylic acids is 1. The monoisotopic (exact) mass is 406 g/mol. The Hall–Kier alpha value is -3.51. The molecule has 0 aliphatic heterocycles. The Morgan fingerprint density at radius 3 is 2.79 bits per heavy atom. The van der Waals surface area contributed by atoms with E-state index in [9.17, 15) is 9.18 Å². The van der Waals surface area contributed by atoms with Crippen molar-refractivity contribution in [3.63, 3.8) is 0 Å². The van der Waals surface area contributed by atoms with E-state index in [1.807, 2.05) is 37.3 Å². The lowest BCUT2D eigenvalue weighted by Gasteiger charge is -2.12. The van der Waals surface area contributed by atoms with Crippen molar-refractivity contribution in [2.75, 3.05) is 11.1 Å². The van der Waals surface area contributed by atoms with Gasteiger partial charge in [0.2, 0.25) is 5.95 Å². The number of nitrogens with two attached hydrogens (primary N) is 1. The molecule has 0 aliphatic carbocycles. The summed E-state index contributed by atoms with van der Waals surface area (Å²) >= 11 is 5.92. The molecular weight excluding hydrogens is 391 g/mol. The minimum absolute atomic E-state index is 0.0780. The van der Waals surface area contributed by atoms with Gasteiger partial charge in [0, 0.05) is 17.3 Å². The van der Waals surface area contributed by atoms with Crippen molar-refractivity contribution in [2.45, 2.75) is 6.92 Å². The van der Waals surface area contributed by atoms with Crippen LogP contribution >= 0.6 is 11.6 Å². The Labute approximate surface area is 171 Å². The number of fused-ring (bicyclic) bond motifs is 1. The van der Waals surface area contributed by atoms with E-state index >= 15 is 0 Å². The smallest absolute Gasteiger partial charge is 0.257 e. The van der Waals surface area contributed by atoms with E-state index in [2.05, 4.69) is 15.3 Å². The highest BCUT2D eigenvalue weighted by Crippen LogP contribution is 2.29. The lowest BCUT2D eigenvalue weighted by molar-refractivity contribution is 0.102. The third-order valence-corrected chi connectivity index (χ3v) is 4.99. The first-order valence-electron chi connectivity index (χ1n) is 8.81. The average Bonchev–Trinajstić information content (AvgIpc) is 2.71. The maximum absolute atomic E-state index is 13.6. The second-order valence-electron chi connectivity index (χ2n) is 6.59. The lowest BCUT2D eigenvalue weighted by Crippen LogP contribution is -2.13. The van der Waals surface area contributed by atoms with Crippen LogP contribution in [0.15, 0.2) is 60.8 Å². The van der Waals surface area contributed by atoms with Gasteiger partial charge in [0.1, 0.15) is 5.82 Å². The minimum Gasteiger partial charge on any atom is -0.368 e. The number of hydrogen-bond donors (Lipinski definition) is 2. The van der Waals surface area contributed by atoms with Crippen LogP contribution in [-0.4, -0.2) is 15.9 Å². The first-order chi connectivity index (χ1) is 13.9. The van der Waals surface area contributed by atoms with E-state index in [1.165, 1.54) is 18.2 Å². The van der Waals surface area contributed by atoms with Gasteiger partial charge in [0.05, 0.1) is 16.1 Å². The van der Waals surface area contributed by atoms with Crippen LogP contribution in [0.1, 0.15) is 15.9 Å². The summed E-state index contributed by atoms with van der Waals surface area (Å²) in [7, 11) is 0. The summed E-state index contributed by atoms with van der Waals surface area (Å²) in [4.78, 5) is 20.8. The molecule has 4 rings (SSSR count). The number of nitrogens with zero attached hydrogens (tertiary/aromatic N) is 2. The summed E-state index contributed by atoms with van der Waals surface area (Å²) < 4.78 is 13.6. The molecule has 1 heterocycles. The van der Waals surface area contributed by atoms with Gasteiger partial charge >= 0.3 is 0 Å². The zero-order valence-corrected chi connectivity index (χ0v) is 16.2. The van der Waals surface area contributed by atoms with Crippen LogP contribution in [0.2, 0.25) is 5.02 Å². The molecule has 4 aromatic rings. The zero-order chi connectivity index (χ0) is 20.5. The van der Waals surface area contributed by atoms with Crippen molar-refractivity contribution in [3.05, 3.63) is 82.8 Å². The molecule has 0 aliphatic rings. The first kappa shape index (κ1) is 18.8. The van der Waals surface area contributed by atoms with Crippen molar-refractivity contribution in [3.8, 4) is 11.1 Å². The van der Waals surface area contributed by atoms with Gasteiger partial charge in [0.25, 0.3) is 5.91 Å².